The fraction of sp³-hybridized carbons (Fsp3) is 0.562. The van der Waals surface area contributed by atoms with Crippen LogP contribution in [0.3, 0.4) is 0 Å². The molecule has 0 saturated carbocycles. The Kier molecular flexibility index (Phi) is 5.31. The molecule has 7 heteroatoms. The number of methoxy groups -OCH3 is 1. The predicted octanol–water partition coefficient (Wildman–Crippen LogP) is 1.54. The highest BCUT2D eigenvalue weighted by molar-refractivity contribution is 7.88. The second-order valence-corrected chi connectivity index (χ2v) is 8.05. The van der Waals surface area contributed by atoms with Crippen LogP contribution in [0.1, 0.15) is 35.7 Å². The molecule has 0 radical (unpaired) electrons. The van der Waals surface area contributed by atoms with E-state index in [1.807, 2.05) is 12.1 Å². The molecule has 1 aliphatic heterocycles. The van der Waals surface area contributed by atoms with Crippen molar-refractivity contribution in [1.82, 2.24) is 9.21 Å². The Balaban J connectivity index is 2.14. The molecular weight excluding hydrogens is 316 g/mol. The lowest BCUT2D eigenvalue weighted by Crippen LogP contribution is -2.50. The first kappa shape index (κ1) is 17.7. The van der Waals surface area contributed by atoms with Crippen molar-refractivity contribution >= 4 is 15.9 Å². The van der Waals surface area contributed by atoms with Gasteiger partial charge in [-0.05, 0) is 29.7 Å². The molecule has 0 atom stereocenters. The molecule has 0 aliphatic carbocycles. The molecular formula is C16H24N2O4S. The summed E-state index contributed by atoms with van der Waals surface area (Å²) in [4.78, 5) is 14.3. The first-order valence-electron chi connectivity index (χ1n) is 7.66. The van der Waals surface area contributed by atoms with Gasteiger partial charge in [-0.15, -0.1) is 0 Å². The van der Waals surface area contributed by atoms with Gasteiger partial charge in [-0.2, -0.15) is 4.31 Å². The number of benzene rings is 1. The quantitative estimate of drug-likeness (QED) is 0.834. The predicted molar refractivity (Wildman–Crippen MR) is 89.4 cm³/mol. The molecule has 1 heterocycles. The lowest BCUT2D eigenvalue weighted by molar-refractivity contribution is 0.0698. The van der Waals surface area contributed by atoms with Crippen molar-refractivity contribution in [3.05, 3.63) is 29.3 Å². The van der Waals surface area contributed by atoms with E-state index in [9.17, 15) is 13.2 Å². The highest BCUT2D eigenvalue weighted by atomic mass is 32.2. The fourth-order valence-electron chi connectivity index (χ4n) is 2.72. The number of hydrogen-bond acceptors (Lipinski definition) is 4. The normalized spacial score (nSPS) is 16.7. The molecule has 1 fully saturated rings. The average molecular weight is 340 g/mol. The van der Waals surface area contributed by atoms with Gasteiger partial charge >= 0.3 is 0 Å². The Hall–Kier alpha value is -1.60. The molecule has 0 bridgehead atoms. The van der Waals surface area contributed by atoms with Crippen molar-refractivity contribution in [2.24, 2.45) is 0 Å². The topological polar surface area (TPSA) is 66.9 Å². The third-order valence-electron chi connectivity index (χ3n) is 4.09. The third-order valence-corrected chi connectivity index (χ3v) is 5.40. The number of piperazine rings is 1. The monoisotopic (exact) mass is 340 g/mol. The molecule has 0 aromatic heterocycles. The zero-order valence-electron chi connectivity index (χ0n) is 14.1. The number of sulfonamides is 1. The Morgan fingerprint density at radius 3 is 2.26 bits per heavy atom. The van der Waals surface area contributed by atoms with Crippen molar-refractivity contribution < 1.29 is 17.9 Å². The van der Waals surface area contributed by atoms with E-state index in [4.69, 9.17) is 4.74 Å². The summed E-state index contributed by atoms with van der Waals surface area (Å²) in [5.41, 5.74) is 1.61. The number of hydrogen-bond donors (Lipinski definition) is 0. The number of carbonyl (C=O) groups excluding carboxylic acids is 1. The van der Waals surface area contributed by atoms with Gasteiger partial charge in [-0.1, -0.05) is 13.8 Å². The molecule has 6 nitrogen and oxygen atoms in total. The summed E-state index contributed by atoms with van der Waals surface area (Å²) in [5, 5.41) is 0. The maximum atomic E-state index is 12.6. The van der Waals surface area contributed by atoms with Crippen molar-refractivity contribution in [2.75, 3.05) is 39.5 Å². The number of rotatable bonds is 4. The largest absolute Gasteiger partial charge is 0.496 e. The molecule has 1 aliphatic rings. The van der Waals surface area contributed by atoms with Crippen molar-refractivity contribution in [1.29, 1.82) is 0 Å². The van der Waals surface area contributed by atoms with Crippen molar-refractivity contribution in [3.63, 3.8) is 0 Å². The van der Waals surface area contributed by atoms with Crippen LogP contribution in [0.25, 0.3) is 0 Å². The maximum Gasteiger partial charge on any atom is 0.253 e. The zero-order chi connectivity index (χ0) is 17.2. The van der Waals surface area contributed by atoms with Crippen molar-refractivity contribution in [3.8, 4) is 5.75 Å². The van der Waals surface area contributed by atoms with E-state index in [0.29, 0.717) is 31.7 Å². The van der Waals surface area contributed by atoms with Gasteiger partial charge in [0.15, 0.2) is 0 Å². The van der Waals surface area contributed by atoms with E-state index in [0.717, 1.165) is 11.3 Å². The van der Waals surface area contributed by atoms with Crippen LogP contribution < -0.4 is 4.74 Å². The smallest absolute Gasteiger partial charge is 0.253 e. The van der Waals surface area contributed by atoms with Crippen LogP contribution in [0.2, 0.25) is 0 Å². The summed E-state index contributed by atoms with van der Waals surface area (Å²) in [7, 11) is -1.57. The van der Waals surface area contributed by atoms with Crippen molar-refractivity contribution in [2.45, 2.75) is 19.8 Å². The molecule has 1 saturated heterocycles. The molecule has 1 aromatic rings. The van der Waals surface area contributed by atoms with Crippen LogP contribution in [0.4, 0.5) is 0 Å². The van der Waals surface area contributed by atoms with Crippen LogP contribution in [0.5, 0.6) is 5.75 Å². The molecule has 1 aromatic carbocycles. The number of carbonyl (C=O) groups is 1. The van der Waals surface area contributed by atoms with E-state index in [2.05, 4.69) is 13.8 Å². The number of nitrogens with zero attached hydrogens (tertiary/aromatic N) is 2. The molecule has 0 N–H and O–H groups in total. The van der Waals surface area contributed by atoms with E-state index in [-0.39, 0.29) is 11.8 Å². The van der Waals surface area contributed by atoms with E-state index >= 15 is 0 Å². The zero-order valence-corrected chi connectivity index (χ0v) is 14.9. The molecule has 0 spiro atoms. The molecule has 0 unspecified atom stereocenters. The highest BCUT2D eigenvalue weighted by Gasteiger charge is 2.27. The number of ether oxygens (including phenoxy) is 1. The third kappa shape index (κ3) is 4.03. The van der Waals surface area contributed by atoms with Crippen LogP contribution in [-0.4, -0.2) is 63.1 Å². The summed E-state index contributed by atoms with van der Waals surface area (Å²) in [6.45, 7) is 5.62. The van der Waals surface area contributed by atoms with E-state index in [1.54, 1.807) is 18.1 Å². The van der Waals surface area contributed by atoms with Gasteiger partial charge in [0, 0.05) is 31.7 Å². The standard InChI is InChI=1S/C16H24N2O4S/c1-12(2)14-11-13(5-6-15(14)22-3)16(19)17-7-9-18(10-8-17)23(4,20)21/h5-6,11-12H,7-10H2,1-4H3. The minimum Gasteiger partial charge on any atom is -0.496 e. The maximum absolute atomic E-state index is 12.6. The summed E-state index contributed by atoms with van der Waals surface area (Å²) in [5.74, 6) is 0.959. The van der Waals surface area contributed by atoms with Crippen LogP contribution in [-0.2, 0) is 10.0 Å². The average Bonchev–Trinajstić information content (AvgIpc) is 2.52. The van der Waals surface area contributed by atoms with Crippen LogP contribution in [0, 0.1) is 0 Å². The first-order valence-corrected chi connectivity index (χ1v) is 9.51. The highest BCUT2D eigenvalue weighted by Crippen LogP contribution is 2.27. The SMILES string of the molecule is COc1ccc(C(=O)N2CCN(S(C)(=O)=O)CC2)cc1C(C)C. The summed E-state index contributed by atoms with van der Waals surface area (Å²) < 4.78 is 29.8. The second-order valence-electron chi connectivity index (χ2n) is 6.07. The summed E-state index contributed by atoms with van der Waals surface area (Å²) >= 11 is 0. The minimum absolute atomic E-state index is 0.0669. The van der Waals surface area contributed by atoms with Crippen LogP contribution >= 0.6 is 0 Å². The minimum atomic E-state index is -3.19. The molecule has 1 amide bonds. The Labute approximate surface area is 138 Å². The first-order chi connectivity index (χ1) is 10.7. The second kappa shape index (κ2) is 6.88. The Bertz CT molecular complexity index is 677. The number of amides is 1. The Morgan fingerprint density at radius 2 is 1.78 bits per heavy atom. The van der Waals surface area contributed by atoms with Crippen LogP contribution in [0.15, 0.2) is 18.2 Å². The molecule has 23 heavy (non-hydrogen) atoms. The molecule has 128 valence electrons. The van der Waals surface area contributed by atoms with E-state index in [1.165, 1.54) is 10.6 Å². The lowest BCUT2D eigenvalue weighted by Gasteiger charge is -2.33. The van der Waals surface area contributed by atoms with E-state index < -0.39 is 10.0 Å². The van der Waals surface area contributed by atoms with Gasteiger partial charge < -0.3 is 9.64 Å². The van der Waals surface area contributed by atoms with Gasteiger partial charge in [-0.3, -0.25) is 4.79 Å². The van der Waals surface area contributed by atoms with Gasteiger partial charge in [-0.25, -0.2) is 8.42 Å². The van der Waals surface area contributed by atoms with Gasteiger partial charge in [0.2, 0.25) is 10.0 Å². The van der Waals surface area contributed by atoms with Gasteiger partial charge in [0.25, 0.3) is 5.91 Å². The lowest BCUT2D eigenvalue weighted by atomic mass is 9.99. The van der Waals surface area contributed by atoms with Gasteiger partial charge in [0.1, 0.15) is 5.75 Å². The van der Waals surface area contributed by atoms with Gasteiger partial charge in [0.05, 0.1) is 13.4 Å². The summed E-state index contributed by atoms with van der Waals surface area (Å²) in [6.07, 6.45) is 1.20. The molecule has 2 rings (SSSR count). The Morgan fingerprint density at radius 1 is 1.17 bits per heavy atom. The fourth-order valence-corrected chi connectivity index (χ4v) is 3.55. The summed E-state index contributed by atoms with van der Waals surface area (Å²) in [6, 6.07) is 5.44.